The van der Waals surface area contributed by atoms with Crippen molar-refractivity contribution in [3.63, 3.8) is 0 Å². The number of carboxylic acids is 1. The highest BCUT2D eigenvalue weighted by Crippen LogP contribution is 2.13. The van der Waals surface area contributed by atoms with Gasteiger partial charge in [0.05, 0.1) is 5.56 Å². The molecule has 0 amide bonds. The van der Waals surface area contributed by atoms with Gasteiger partial charge in [-0.1, -0.05) is 18.2 Å². The van der Waals surface area contributed by atoms with Crippen molar-refractivity contribution < 1.29 is 14.3 Å². The molecule has 4 heteroatoms. The fraction of sp³-hybridized carbons (Fsp3) is 0.100. The van der Waals surface area contributed by atoms with E-state index in [-0.39, 0.29) is 5.56 Å². The Kier molecular flexibility index (Phi) is 3.71. The highest BCUT2D eigenvalue weighted by molar-refractivity contribution is 7.80. The summed E-state index contributed by atoms with van der Waals surface area (Å²) in [6.45, 7) is 0. The number of hydrogen-bond donors (Lipinski definition) is 2. The number of carboxylic acid groups (broad SMARTS) is 1. The average molecular weight is 212 g/mol. The third-order valence-electron chi connectivity index (χ3n) is 1.65. The van der Waals surface area contributed by atoms with E-state index in [1.54, 1.807) is 12.2 Å². The molecule has 0 radical (unpaired) electrons. The maximum Gasteiger partial charge on any atom is 0.336 e. The summed E-state index contributed by atoms with van der Waals surface area (Å²) in [4.78, 5) is 10.7. The molecule has 0 unspecified atom stereocenters. The topological polar surface area (TPSA) is 37.3 Å². The molecule has 0 aliphatic heterocycles. The van der Waals surface area contributed by atoms with E-state index in [0.29, 0.717) is 11.3 Å². The smallest absolute Gasteiger partial charge is 0.336 e. The van der Waals surface area contributed by atoms with Crippen molar-refractivity contribution in [1.82, 2.24) is 0 Å². The van der Waals surface area contributed by atoms with Crippen LogP contribution in [0.25, 0.3) is 6.08 Å². The minimum Gasteiger partial charge on any atom is -0.478 e. The normalized spacial score (nSPS) is 10.7. The second kappa shape index (κ2) is 4.81. The zero-order valence-electron chi connectivity index (χ0n) is 7.27. The van der Waals surface area contributed by atoms with Gasteiger partial charge >= 0.3 is 5.97 Å². The average Bonchev–Trinajstić information content (AvgIpc) is 2.15. The number of hydrogen-bond acceptors (Lipinski definition) is 2. The first kappa shape index (κ1) is 10.8. The van der Waals surface area contributed by atoms with Crippen molar-refractivity contribution in [2.75, 3.05) is 5.75 Å². The monoisotopic (exact) mass is 212 g/mol. The third-order valence-corrected chi connectivity index (χ3v) is 1.86. The van der Waals surface area contributed by atoms with Crippen LogP contribution in [0.5, 0.6) is 0 Å². The van der Waals surface area contributed by atoms with Crippen LogP contribution in [0.4, 0.5) is 4.39 Å². The Morgan fingerprint density at radius 2 is 2.29 bits per heavy atom. The lowest BCUT2D eigenvalue weighted by Crippen LogP contribution is -2.00. The Morgan fingerprint density at radius 1 is 1.57 bits per heavy atom. The van der Waals surface area contributed by atoms with Crippen molar-refractivity contribution in [3.8, 4) is 0 Å². The maximum absolute atomic E-state index is 12.7. The van der Waals surface area contributed by atoms with Crippen LogP contribution in [-0.4, -0.2) is 16.8 Å². The van der Waals surface area contributed by atoms with Gasteiger partial charge < -0.3 is 5.11 Å². The van der Waals surface area contributed by atoms with Gasteiger partial charge in [0.1, 0.15) is 5.82 Å². The predicted molar refractivity (Wildman–Crippen MR) is 56.2 cm³/mol. The molecule has 0 saturated heterocycles. The van der Waals surface area contributed by atoms with E-state index in [9.17, 15) is 9.18 Å². The van der Waals surface area contributed by atoms with Crippen LogP contribution >= 0.6 is 12.6 Å². The van der Waals surface area contributed by atoms with Crippen molar-refractivity contribution in [2.45, 2.75) is 0 Å². The van der Waals surface area contributed by atoms with E-state index < -0.39 is 11.8 Å². The van der Waals surface area contributed by atoms with E-state index in [1.165, 1.54) is 12.1 Å². The molecule has 0 saturated carbocycles. The molecule has 0 heterocycles. The van der Waals surface area contributed by atoms with Gasteiger partial charge in [-0.2, -0.15) is 12.6 Å². The van der Waals surface area contributed by atoms with Crippen LogP contribution in [0.3, 0.4) is 0 Å². The van der Waals surface area contributed by atoms with Gasteiger partial charge in [0.25, 0.3) is 0 Å². The van der Waals surface area contributed by atoms with Gasteiger partial charge in [0.2, 0.25) is 0 Å². The summed E-state index contributed by atoms with van der Waals surface area (Å²) in [5.74, 6) is -1.18. The molecule has 0 aliphatic rings. The lowest BCUT2D eigenvalue weighted by molar-refractivity contribution is 0.0696. The molecule has 74 valence electrons. The third kappa shape index (κ3) is 2.60. The number of carbonyl (C=O) groups is 1. The van der Waals surface area contributed by atoms with E-state index in [1.807, 2.05) is 0 Å². The minimum atomic E-state index is -1.14. The van der Waals surface area contributed by atoms with Gasteiger partial charge in [0.15, 0.2) is 0 Å². The molecular formula is C10H9FO2S. The van der Waals surface area contributed by atoms with Gasteiger partial charge in [-0.05, 0) is 17.7 Å². The summed E-state index contributed by atoms with van der Waals surface area (Å²) in [5.41, 5.74) is 0.441. The number of rotatable bonds is 3. The van der Waals surface area contributed by atoms with Gasteiger partial charge in [0, 0.05) is 5.75 Å². The second-order valence-electron chi connectivity index (χ2n) is 2.62. The van der Waals surface area contributed by atoms with Crippen LogP contribution < -0.4 is 0 Å². The Hall–Kier alpha value is -1.29. The Balaban J connectivity index is 3.15. The summed E-state index contributed by atoms with van der Waals surface area (Å²) in [7, 11) is 0. The Bertz CT molecular complexity index is 374. The molecule has 1 N–H and O–H groups in total. The van der Waals surface area contributed by atoms with Crippen LogP contribution in [0.1, 0.15) is 15.9 Å². The zero-order valence-corrected chi connectivity index (χ0v) is 8.17. The standard InChI is InChI=1S/C10H9FO2S/c11-8-4-3-7(2-1-5-14)9(6-8)10(12)13/h1-4,6,14H,5H2,(H,12,13). The first-order valence-corrected chi connectivity index (χ1v) is 4.58. The summed E-state index contributed by atoms with van der Waals surface area (Å²) in [6, 6.07) is 3.66. The number of aromatic carboxylic acids is 1. The zero-order chi connectivity index (χ0) is 10.6. The first-order chi connectivity index (χ1) is 6.65. The molecule has 0 aromatic heterocycles. The van der Waals surface area contributed by atoms with Crippen molar-refractivity contribution >= 4 is 24.7 Å². The molecule has 2 nitrogen and oxygen atoms in total. The molecule has 14 heavy (non-hydrogen) atoms. The summed E-state index contributed by atoms with van der Waals surface area (Å²) >= 11 is 3.95. The van der Waals surface area contributed by atoms with E-state index >= 15 is 0 Å². The molecule has 0 bridgehead atoms. The van der Waals surface area contributed by atoms with Crippen molar-refractivity contribution in [2.24, 2.45) is 0 Å². The largest absolute Gasteiger partial charge is 0.478 e. The predicted octanol–water partition coefficient (Wildman–Crippen LogP) is 2.47. The SMILES string of the molecule is O=C(O)c1cc(F)ccc1C=CCS. The van der Waals surface area contributed by atoms with E-state index in [0.717, 1.165) is 6.07 Å². The molecular weight excluding hydrogens is 203 g/mol. The second-order valence-corrected chi connectivity index (χ2v) is 2.99. The highest BCUT2D eigenvalue weighted by atomic mass is 32.1. The molecule has 1 aromatic rings. The summed E-state index contributed by atoms with van der Waals surface area (Å²) < 4.78 is 12.7. The minimum absolute atomic E-state index is 0.0389. The van der Waals surface area contributed by atoms with Gasteiger partial charge in [-0.25, -0.2) is 9.18 Å². The van der Waals surface area contributed by atoms with Gasteiger partial charge in [-0.15, -0.1) is 0 Å². The molecule has 0 spiro atoms. The molecule has 0 fully saturated rings. The molecule has 1 aromatic carbocycles. The lowest BCUT2D eigenvalue weighted by Gasteiger charge is -2.00. The van der Waals surface area contributed by atoms with Crippen LogP contribution in [0.2, 0.25) is 0 Å². The van der Waals surface area contributed by atoms with Crippen molar-refractivity contribution in [1.29, 1.82) is 0 Å². The molecule has 0 aliphatic carbocycles. The summed E-state index contributed by atoms with van der Waals surface area (Å²) in [5, 5.41) is 8.77. The summed E-state index contributed by atoms with van der Waals surface area (Å²) in [6.07, 6.45) is 3.30. The number of thiol groups is 1. The quantitative estimate of drug-likeness (QED) is 0.755. The Morgan fingerprint density at radius 3 is 2.86 bits per heavy atom. The fourth-order valence-corrected chi connectivity index (χ4v) is 1.14. The van der Waals surface area contributed by atoms with Crippen LogP contribution in [-0.2, 0) is 0 Å². The van der Waals surface area contributed by atoms with E-state index in [2.05, 4.69) is 12.6 Å². The maximum atomic E-state index is 12.7. The lowest BCUT2D eigenvalue weighted by atomic mass is 10.1. The first-order valence-electron chi connectivity index (χ1n) is 3.95. The molecule has 0 atom stereocenters. The number of benzene rings is 1. The van der Waals surface area contributed by atoms with Crippen LogP contribution in [0.15, 0.2) is 24.3 Å². The van der Waals surface area contributed by atoms with E-state index in [4.69, 9.17) is 5.11 Å². The number of halogens is 1. The Labute approximate surface area is 86.5 Å². The van der Waals surface area contributed by atoms with Gasteiger partial charge in [-0.3, -0.25) is 0 Å². The van der Waals surface area contributed by atoms with Crippen LogP contribution in [0, 0.1) is 5.82 Å². The fourth-order valence-electron chi connectivity index (χ4n) is 1.04. The molecule has 1 rings (SSSR count). The highest BCUT2D eigenvalue weighted by Gasteiger charge is 2.08. The van der Waals surface area contributed by atoms with Crippen molar-refractivity contribution in [3.05, 3.63) is 41.2 Å².